The predicted octanol–water partition coefficient (Wildman–Crippen LogP) is 5.61. The molecule has 0 bridgehead atoms. The van der Waals surface area contributed by atoms with E-state index >= 15 is 0 Å². The Morgan fingerprint density at radius 2 is 1.58 bits per heavy atom. The molecule has 0 spiro atoms. The number of hydrogen-bond acceptors (Lipinski definition) is 8. The van der Waals surface area contributed by atoms with Crippen molar-refractivity contribution in [3.8, 4) is 0 Å². The van der Waals surface area contributed by atoms with Crippen molar-refractivity contribution in [1.29, 1.82) is 0 Å². The third kappa shape index (κ3) is 8.69. The number of aliphatic hydroxyl groups excluding tert-OH is 1. The molecule has 5 aromatic rings. The van der Waals surface area contributed by atoms with Crippen molar-refractivity contribution in [2.45, 2.75) is 62.9 Å². The van der Waals surface area contributed by atoms with Crippen LogP contribution in [-0.4, -0.2) is 70.4 Å². The summed E-state index contributed by atoms with van der Waals surface area (Å²) in [5.41, 5.74) is 5.80. The van der Waals surface area contributed by atoms with Gasteiger partial charge in [0.05, 0.1) is 37.0 Å². The fourth-order valence-electron chi connectivity index (χ4n) is 7.35. The summed E-state index contributed by atoms with van der Waals surface area (Å²) in [6.07, 6.45) is 1.63. The first-order valence-corrected chi connectivity index (χ1v) is 18.1. The summed E-state index contributed by atoms with van der Waals surface area (Å²) in [6, 6.07) is 31.1. The Hall–Kier alpha value is -5.27. The number of anilines is 1. The average molecular weight is 720 g/mol. The number of imidazole rings is 1. The van der Waals surface area contributed by atoms with Gasteiger partial charge in [0, 0.05) is 49.8 Å². The number of carbonyl (C=O) groups is 2. The second-order valence-electron chi connectivity index (χ2n) is 13.7. The number of likely N-dealkylation sites (tertiary alicyclic amines) is 1. The first kappa shape index (κ1) is 36.1. The van der Waals surface area contributed by atoms with Crippen molar-refractivity contribution in [3.05, 3.63) is 136 Å². The Morgan fingerprint density at radius 3 is 2.30 bits per heavy atom. The van der Waals surface area contributed by atoms with E-state index in [1.165, 1.54) is 7.11 Å². The van der Waals surface area contributed by atoms with Crippen molar-refractivity contribution in [2.24, 2.45) is 0 Å². The van der Waals surface area contributed by atoms with Gasteiger partial charge in [-0.3, -0.25) is 4.57 Å². The van der Waals surface area contributed by atoms with Crippen molar-refractivity contribution in [3.63, 3.8) is 0 Å². The van der Waals surface area contributed by atoms with E-state index in [4.69, 9.17) is 14.2 Å². The fraction of sp³-hybridized carbons (Fsp3) is 0.341. The van der Waals surface area contributed by atoms with Gasteiger partial charge in [-0.05, 0) is 53.8 Å². The van der Waals surface area contributed by atoms with Crippen molar-refractivity contribution in [2.75, 3.05) is 32.1 Å². The number of esters is 1. The van der Waals surface area contributed by atoms with Crippen LogP contribution in [0, 0.1) is 0 Å². The number of benzene rings is 4. The lowest BCUT2D eigenvalue weighted by Crippen LogP contribution is -2.45. The Morgan fingerprint density at radius 1 is 0.887 bits per heavy atom. The third-order valence-corrected chi connectivity index (χ3v) is 10.1. The lowest BCUT2D eigenvalue weighted by Gasteiger charge is -2.40. The van der Waals surface area contributed by atoms with Crippen LogP contribution < -0.4 is 16.3 Å². The molecule has 3 heterocycles. The molecule has 0 saturated carbocycles. The third-order valence-electron chi connectivity index (χ3n) is 10.1. The number of urea groups is 1. The zero-order chi connectivity index (χ0) is 36.7. The molecule has 2 amide bonds. The van der Waals surface area contributed by atoms with Crippen LogP contribution in [0.4, 0.5) is 10.5 Å². The Kier molecular flexibility index (Phi) is 11.3. The SMILES string of the molecule is COC(=O)[C@H](Cc1ccccc1)NC(=O)Nc1ccc([C@@H]2O[C@H](CN3CCC(n4c(=O)[nH]c5ccccc54)CC3)C[C@H](c3ccc(CO)cc3)O2)cc1. The minimum atomic E-state index is -0.853. The van der Waals surface area contributed by atoms with Gasteiger partial charge in [0.15, 0.2) is 6.29 Å². The molecule has 4 atom stereocenters. The van der Waals surface area contributed by atoms with E-state index in [0.29, 0.717) is 25.1 Å². The highest BCUT2D eigenvalue weighted by molar-refractivity contribution is 5.92. The Balaban J connectivity index is 1.01. The van der Waals surface area contributed by atoms with E-state index in [9.17, 15) is 19.5 Å². The van der Waals surface area contributed by atoms with Crippen LogP contribution in [0.25, 0.3) is 11.0 Å². The van der Waals surface area contributed by atoms with Gasteiger partial charge in [0.25, 0.3) is 0 Å². The van der Waals surface area contributed by atoms with E-state index in [1.54, 1.807) is 12.1 Å². The maximum Gasteiger partial charge on any atom is 0.328 e. The molecule has 2 saturated heterocycles. The normalized spacial score (nSPS) is 20.2. The van der Waals surface area contributed by atoms with Crippen molar-refractivity contribution < 1.29 is 28.9 Å². The molecule has 12 heteroatoms. The van der Waals surface area contributed by atoms with E-state index in [1.807, 2.05) is 95.6 Å². The molecule has 12 nitrogen and oxygen atoms in total. The van der Waals surface area contributed by atoms with Crippen LogP contribution in [-0.2, 0) is 32.0 Å². The Labute approximate surface area is 307 Å². The van der Waals surface area contributed by atoms with Crippen molar-refractivity contribution in [1.82, 2.24) is 19.8 Å². The number of aromatic amines is 1. The molecular weight excluding hydrogens is 674 g/mol. The van der Waals surface area contributed by atoms with Crippen LogP contribution in [0.3, 0.4) is 0 Å². The number of aliphatic hydroxyl groups is 1. The van der Waals surface area contributed by atoms with Crippen LogP contribution in [0.2, 0.25) is 0 Å². The van der Waals surface area contributed by atoms with Crippen molar-refractivity contribution >= 4 is 28.7 Å². The summed E-state index contributed by atoms with van der Waals surface area (Å²) < 4.78 is 20.0. The minimum absolute atomic E-state index is 0.0322. The number of nitrogens with zero attached hydrogens (tertiary/aromatic N) is 2. The second-order valence-corrected chi connectivity index (χ2v) is 13.7. The molecule has 2 aliphatic heterocycles. The smallest absolute Gasteiger partial charge is 0.328 e. The number of para-hydroxylation sites is 2. The number of piperidine rings is 1. The standard InChI is InChI=1S/C41H45N5O7/c1-51-38(48)35(23-27-7-3-2-4-8-27)43-40(49)42-31-17-15-30(16-18-31)39-52-33(24-37(53-39)29-13-11-28(26-47)12-14-29)25-45-21-19-32(20-22-45)46-36-10-6-5-9-34(36)44-41(46)50/h2-18,32-33,35,37,39,47H,19-26H2,1H3,(H,44,50)(H2,42,43,49)/t33-,35-,37+,39+/m0/s1. The van der Waals surface area contributed by atoms with Gasteiger partial charge in [0.2, 0.25) is 0 Å². The number of H-pyrrole nitrogens is 1. The molecule has 276 valence electrons. The molecule has 2 aliphatic rings. The number of ether oxygens (including phenoxy) is 3. The van der Waals surface area contributed by atoms with Gasteiger partial charge in [-0.1, -0.05) is 78.9 Å². The number of rotatable bonds is 11. The first-order valence-electron chi connectivity index (χ1n) is 18.1. The largest absolute Gasteiger partial charge is 0.467 e. The molecule has 7 rings (SSSR count). The number of aromatic nitrogens is 2. The number of fused-ring (bicyclic) bond motifs is 1. The first-order chi connectivity index (χ1) is 25.9. The van der Waals surface area contributed by atoms with E-state index < -0.39 is 24.3 Å². The summed E-state index contributed by atoms with van der Waals surface area (Å²) in [4.78, 5) is 43.6. The topological polar surface area (TPSA) is 147 Å². The van der Waals surface area contributed by atoms with Gasteiger partial charge in [-0.25, -0.2) is 14.4 Å². The van der Waals surface area contributed by atoms with Gasteiger partial charge in [0.1, 0.15) is 6.04 Å². The molecule has 0 unspecified atom stereocenters. The van der Waals surface area contributed by atoms with E-state index in [2.05, 4.69) is 20.5 Å². The lowest BCUT2D eigenvalue weighted by atomic mass is 9.98. The maximum atomic E-state index is 12.9. The molecule has 4 aromatic carbocycles. The second kappa shape index (κ2) is 16.6. The molecule has 0 radical (unpaired) electrons. The van der Waals surface area contributed by atoms with E-state index in [-0.39, 0.29) is 30.5 Å². The van der Waals surface area contributed by atoms with Crippen LogP contribution in [0.5, 0.6) is 0 Å². The minimum Gasteiger partial charge on any atom is -0.467 e. The van der Waals surface area contributed by atoms with Gasteiger partial charge in [-0.2, -0.15) is 0 Å². The zero-order valence-electron chi connectivity index (χ0n) is 29.6. The number of methoxy groups -OCH3 is 1. The van der Waals surface area contributed by atoms with E-state index in [0.717, 1.165) is 59.2 Å². The number of hydrogen-bond donors (Lipinski definition) is 4. The zero-order valence-corrected chi connectivity index (χ0v) is 29.6. The number of amides is 2. The lowest BCUT2D eigenvalue weighted by molar-refractivity contribution is -0.253. The highest BCUT2D eigenvalue weighted by Crippen LogP contribution is 2.39. The molecule has 4 N–H and O–H groups in total. The number of carbonyl (C=O) groups excluding carboxylic acids is 2. The quantitative estimate of drug-likeness (QED) is 0.129. The fourth-order valence-corrected chi connectivity index (χ4v) is 7.35. The maximum absolute atomic E-state index is 12.9. The van der Waals surface area contributed by atoms with Gasteiger partial charge in [-0.15, -0.1) is 0 Å². The van der Waals surface area contributed by atoms with Gasteiger partial charge < -0.3 is 39.8 Å². The summed E-state index contributed by atoms with van der Waals surface area (Å²) >= 11 is 0. The summed E-state index contributed by atoms with van der Waals surface area (Å²) in [6.45, 7) is 2.35. The number of nitrogens with one attached hydrogen (secondary N) is 3. The molecule has 2 fully saturated rings. The van der Waals surface area contributed by atoms with Crippen LogP contribution in [0.1, 0.15) is 60.0 Å². The molecule has 1 aromatic heterocycles. The average Bonchev–Trinajstić information content (AvgIpc) is 3.53. The van der Waals surface area contributed by atoms with Crippen LogP contribution in [0.15, 0.2) is 108 Å². The molecule has 53 heavy (non-hydrogen) atoms. The highest BCUT2D eigenvalue weighted by Gasteiger charge is 2.34. The summed E-state index contributed by atoms with van der Waals surface area (Å²) in [7, 11) is 1.30. The monoisotopic (exact) mass is 719 g/mol. The molecule has 0 aliphatic carbocycles. The van der Waals surface area contributed by atoms with Gasteiger partial charge >= 0.3 is 17.7 Å². The Bertz CT molecular complexity index is 2040. The summed E-state index contributed by atoms with van der Waals surface area (Å²) in [5, 5.41) is 15.1. The molecular formula is C41H45N5O7. The highest BCUT2D eigenvalue weighted by atomic mass is 16.7. The predicted molar refractivity (Wildman–Crippen MR) is 200 cm³/mol. The summed E-state index contributed by atoms with van der Waals surface area (Å²) in [5.74, 6) is -0.532. The van der Waals surface area contributed by atoms with Crippen LogP contribution >= 0.6 is 0 Å².